The van der Waals surface area contributed by atoms with Crippen LogP contribution in [0.25, 0.3) is 16.5 Å². The van der Waals surface area contributed by atoms with Crippen LogP contribution in [0.5, 0.6) is 0 Å². The topological polar surface area (TPSA) is 85.8 Å². The molecule has 2 aromatic heterocycles. The molecule has 0 aliphatic carbocycles. The van der Waals surface area contributed by atoms with Crippen molar-refractivity contribution in [2.75, 3.05) is 11.1 Å². The van der Waals surface area contributed by atoms with Gasteiger partial charge in [0.1, 0.15) is 11.4 Å². The van der Waals surface area contributed by atoms with Crippen LogP contribution >= 0.6 is 11.6 Å². The average molecular weight is 460 g/mol. The van der Waals surface area contributed by atoms with Crippen LogP contribution in [0, 0.1) is 0 Å². The highest BCUT2D eigenvalue weighted by Crippen LogP contribution is 2.35. The average Bonchev–Trinajstić information content (AvgIpc) is 2.73. The quantitative estimate of drug-likeness (QED) is 0.437. The van der Waals surface area contributed by atoms with Gasteiger partial charge in [0, 0.05) is 17.6 Å². The molecule has 164 valence electrons. The maximum Gasteiger partial charge on any atom is 0.421 e. The fraction of sp³-hybridized carbons (Fsp3) is 0.136. The number of benzene rings is 2. The van der Waals surface area contributed by atoms with Crippen molar-refractivity contribution in [1.29, 1.82) is 0 Å². The first kappa shape index (κ1) is 21.6. The van der Waals surface area contributed by atoms with Gasteiger partial charge in [0.25, 0.3) is 5.56 Å². The van der Waals surface area contributed by atoms with Crippen molar-refractivity contribution in [2.24, 2.45) is 0 Å². The zero-order valence-electron chi connectivity index (χ0n) is 16.7. The van der Waals surface area contributed by atoms with E-state index in [1.807, 2.05) is 0 Å². The number of aromatic nitrogens is 3. The van der Waals surface area contributed by atoms with Gasteiger partial charge in [-0.05, 0) is 36.6 Å². The predicted octanol–water partition coefficient (Wildman–Crippen LogP) is 5.21. The molecule has 0 fully saturated rings. The van der Waals surface area contributed by atoms with E-state index in [9.17, 15) is 18.0 Å². The van der Waals surface area contributed by atoms with Crippen molar-refractivity contribution in [1.82, 2.24) is 14.5 Å². The Morgan fingerprint density at radius 3 is 2.53 bits per heavy atom. The monoisotopic (exact) mass is 459 g/mol. The first-order valence-corrected chi connectivity index (χ1v) is 9.90. The number of pyridine rings is 1. The van der Waals surface area contributed by atoms with Gasteiger partial charge in [0.05, 0.1) is 16.5 Å². The molecule has 0 saturated carbocycles. The van der Waals surface area contributed by atoms with E-state index in [4.69, 9.17) is 17.3 Å². The number of nitrogens with zero attached hydrogens (tertiary/aromatic N) is 3. The van der Waals surface area contributed by atoms with E-state index in [-0.39, 0.29) is 16.5 Å². The highest BCUT2D eigenvalue weighted by molar-refractivity contribution is 6.35. The first-order chi connectivity index (χ1) is 15.2. The molecule has 6 nitrogen and oxygen atoms in total. The van der Waals surface area contributed by atoms with Crippen molar-refractivity contribution in [3.63, 3.8) is 0 Å². The Balaban J connectivity index is 1.92. The van der Waals surface area contributed by atoms with E-state index < -0.39 is 23.6 Å². The molecule has 2 heterocycles. The van der Waals surface area contributed by atoms with Crippen molar-refractivity contribution >= 4 is 34.1 Å². The molecule has 1 atom stereocenters. The molecule has 0 amide bonds. The molecule has 0 radical (unpaired) electrons. The van der Waals surface area contributed by atoms with E-state index in [1.165, 1.54) is 4.57 Å². The molecule has 32 heavy (non-hydrogen) atoms. The van der Waals surface area contributed by atoms with Gasteiger partial charge in [-0.3, -0.25) is 9.36 Å². The van der Waals surface area contributed by atoms with Gasteiger partial charge < -0.3 is 11.1 Å². The molecule has 0 bridgehead atoms. The summed E-state index contributed by atoms with van der Waals surface area (Å²) in [5.41, 5.74) is 5.04. The Labute approximate surface area is 185 Å². The number of hydrogen-bond donors (Lipinski definition) is 2. The van der Waals surface area contributed by atoms with Gasteiger partial charge in [0.2, 0.25) is 5.95 Å². The summed E-state index contributed by atoms with van der Waals surface area (Å²) in [5, 5.41) is 3.91. The Morgan fingerprint density at radius 2 is 1.84 bits per heavy atom. The van der Waals surface area contributed by atoms with Crippen molar-refractivity contribution in [3.05, 3.63) is 87.4 Å². The molecule has 2 aromatic carbocycles. The maximum absolute atomic E-state index is 13.5. The smallest absolute Gasteiger partial charge is 0.368 e. The molecule has 0 unspecified atom stereocenters. The molecule has 0 aliphatic rings. The molecular formula is C22H17ClF3N5O. The Morgan fingerprint density at radius 1 is 1.12 bits per heavy atom. The van der Waals surface area contributed by atoms with E-state index >= 15 is 0 Å². The fourth-order valence-electron chi connectivity index (χ4n) is 3.49. The third-order valence-corrected chi connectivity index (χ3v) is 5.26. The maximum atomic E-state index is 13.5. The number of para-hydroxylation sites is 1. The molecule has 0 saturated heterocycles. The Bertz CT molecular complexity index is 1360. The molecule has 10 heteroatoms. The molecule has 4 aromatic rings. The lowest BCUT2D eigenvalue weighted by Gasteiger charge is -2.23. The lowest BCUT2D eigenvalue weighted by molar-refractivity contribution is -0.137. The first-order valence-electron chi connectivity index (χ1n) is 9.52. The summed E-state index contributed by atoms with van der Waals surface area (Å²) in [6, 6.07) is 14.7. The molecule has 0 spiro atoms. The van der Waals surface area contributed by atoms with Crippen LogP contribution in [-0.4, -0.2) is 14.5 Å². The summed E-state index contributed by atoms with van der Waals surface area (Å²) in [6.45, 7) is 1.63. The summed E-state index contributed by atoms with van der Waals surface area (Å²) >= 11 is 6.29. The van der Waals surface area contributed by atoms with Crippen molar-refractivity contribution in [2.45, 2.75) is 19.1 Å². The molecular weight excluding hydrogens is 443 g/mol. The zero-order chi connectivity index (χ0) is 23.0. The summed E-state index contributed by atoms with van der Waals surface area (Å²) in [5.74, 6) is -0.783. The molecule has 0 aliphatic heterocycles. The van der Waals surface area contributed by atoms with Gasteiger partial charge >= 0.3 is 6.18 Å². The second kappa shape index (κ2) is 8.16. The lowest BCUT2D eigenvalue weighted by atomic mass is 10.1. The lowest BCUT2D eigenvalue weighted by Crippen LogP contribution is -2.26. The Kier molecular flexibility index (Phi) is 5.52. The van der Waals surface area contributed by atoms with Crippen LogP contribution in [0.2, 0.25) is 5.02 Å². The number of alkyl halides is 3. The second-order valence-electron chi connectivity index (χ2n) is 7.10. The van der Waals surface area contributed by atoms with Crippen LogP contribution in [0.4, 0.5) is 24.9 Å². The van der Waals surface area contributed by atoms with Crippen LogP contribution < -0.4 is 16.6 Å². The van der Waals surface area contributed by atoms with E-state index in [2.05, 4.69) is 15.3 Å². The minimum atomic E-state index is -4.69. The standard InChI is InChI=1S/C22H17ClF3N5O/c1-12(29-19-15(22(24,25)26)11-28-21(27)30-19)17-10-13-6-5-9-16(23)18(13)20(32)31(17)14-7-3-2-4-8-14/h2-12H,1H3,(H3,27,28,29,30)/t12-/m0/s1. The van der Waals surface area contributed by atoms with Gasteiger partial charge in [0.15, 0.2) is 0 Å². The fourth-order valence-corrected chi connectivity index (χ4v) is 3.76. The number of nitrogen functional groups attached to an aromatic ring is 1. The van der Waals surface area contributed by atoms with E-state index in [1.54, 1.807) is 61.5 Å². The highest BCUT2D eigenvalue weighted by Gasteiger charge is 2.35. The Hall–Kier alpha value is -3.59. The van der Waals surface area contributed by atoms with Gasteiger partial charge in [-0.25, -0.2) is 4.98 Å². The third kappa shape index (κ3) is 3.99. The summed E-state index contributed by atoms with van der Waals surface area (Å²) in [4.78, 5) is 20.6. The minimum absolute atomic E-state index is 0.285. The van der Waals surface area contributed by atoms with E-state index in [0.717, 1.165) is 0 Å². The zero-order valence-corrected chi connectivity index (χ0v) is 17.4. The third-order valence-electron chi connectivity index (χ3n) is 4.95. The minimum Gasteiger partial charge on any atom is -0.368 e. The van der Waals surface area contributed by atoms with Crippen LogP contribution in [-0.2, 0) is 6.18 Å². The number of anilines is 2. The molecule has 4 rings (SSSR count). The second-order valence-corrected chi connectivity index (χ2v) is 7.51. The van der Waals surface area contributed by atoms with Crippen LogP contribution in [0.15, 0.2) is 65.6 Å². The largest absolute Gasteiger partial charge is 0.421 e. The summed E-state index contributed by atoms with van der Waals surface area (Å²) in [7, 11) is 0. The van der Waals surface area contributed by atoms with Crippen LogP contribution in [0.1, 0.15) is 24.2 Å². The summed E-state index contributed by atoms with van der Waals surface area (Å²) in [6.07, 6.45) is -4.06. The molecule has 3 N–H and O–H groups in total. The number of hydrogen-bond acceptors (Lipinski definition) is 5. The van der Waals surface area contributed by atoms with E-state index in [0.29, 0.717) is 28.4 Å². The number of nitrogens with two attached hydrogens (primary N) is 1. The van der Waals surface area contributed by atoms with Crippen molar-refractivity contribution < 1.29 is 13.2 Å². The SMILES string of the molecule is C[C@H](Nc1nc(N)ncc1C(F)(F)F)c1cc2cccc(Cl)c2c(=O)n1-c1ccccc1. The number of halogens is 4. The van der Waals surface area contributed by atoms with Crippen LogP contribution in [0.3, 0.4) is 0 Å². The van der Waals surface area contributed by atoms with Gasteiger partial charge in [-0.2, -0.15) is 18.2 Å². The highest BCUT2D eigenvalue weighted by atomic mass is 35.5. The number of fused-ring (bicyclic) bond motifs is 1. The van der Waals surface area contributed by atoms with Crippen molar-refractivity contribution in [3.8, 4) is 5.69 Å². The van der Waals surface area contributed by atoms with Gasteiger partial charge in [-0.1, -0.05) is 41.9 Å². The van der Waals surface area contributed by atoms with Gasteiger partial charge in [-0.15, -0.1) is 0 Å². The summed E-state index contributed by atoms with van der Waals surface area (Å²) < 4.78 is 41.8. The predicted molar refractivity (Wildman–Crippen MR) is 118 cm³/mol. The number of nitrogens with one attached hydrogen (secondary N) is 1. The number of rotatable bonds is 4. The normalized spacial score (nSPS) is 12.7.